The predicted octanol–water partition coefficient (Wildman–Crippen LogP) is 3.36. The molecule has 0 radical (unpaired) electrons. The SMILES string of the molecule is CCc1ccc(CN=C(NCCc2ccco2)NCC2CCCO2)s1. The van der Waals surface area contributed by atoms with E-state index in [9.17, 15) is 0 Å². The second-order valence-electron chi connectivity index (χ2n) is 6.16. The molecule has 1 atom stereocenters. The molecule has 0 aliphatic carbocycles. The van der Waals surface area contributed by atoms with Crippen molar-refractivity contribution in [2.24, 2.45) is 4.99 Å². The lowest BCUT2D eigenvalue weighted by Crippen LogP contribution is -2.41. The number of aryl methyl sites for hydroxylation is 1. The standard InChI is InChI=1S/C19H27N3O2S/c1-2-17-7-8-18(25-17)14-22-19(21-13-16-6-4-12-24-16)20-10-9-15-5-3-11-23-15/h3,5,7-8,11,16H,2,4,6,9-10,12-14H2,1H3,(H2,20,21,22). The van der Waals surface area contributed by atoms with Crippen LogP contribution in [0.3, 0.4) is 0 Å². The van der Waals surface area contributed by atoms with E-state index in [4.69, 9.17) is 14.1 Å². The molecule has 0 saturated carbocycles. The van der Waals surface area contributed by atoms with E-state index >= 15 is 0 Å². The molecule has 1 unspecified atom stereocenters. The number of thiophene rings is 1. The number of nitrogens with zero attached hydrogens (tertiary/aromatic N) is 1. The van der Waals surface area contributed by atoms with Crippen molar-refractivity contribution < 1.29 is 9.15 Å². The number of hydrogen-bond donors (Lipinski definition) is 2. The molecule has 5 nitrogen and oxygen atoms in total. The molecule has 1 aliphatic heterocycles. The van der Waals surface area contributed by atoms with Crippen LogP contribution >= 0.6 is 11.3 Å². The molecule has 25 heavy (non-hydrogen) atoms. The highest BCUT2D eigenvalue weighted by Crippen LogP contribution is 2.17. The van der Waals surface area contributed by atoms with Gasteiger partial charge in [-0.15, -0.1) is 11.3 Å². The van der Waals surface area contributed by atoms with E-state index in [0.717, 1.165) is 57.1 Å². The summed E-state index contributed by atoms with van der Waals surface area (Å²) in [7, 11) is 0. The Morgan fingerprint density at radius 2 is 2.20 bits per heavy atom. The van der Waals surface area contributed by atoms with Crippen molar-refractivity contribution in [3.05, 3.63) is 46.0 Å². The molecule has 0 aromatic carbocycles. The second kappa shape index (κ2) is 9.63. The van der Waals surface area contributed by atoms with Crippen molar-refractivity contribution in [1.82, 2.24) is 10.6 Å². The first-order valence-electron chi connectivity index (χ1n) is 9.07. The zero-order valence-corrected chi connectivity index (χ0v) is 15.6. The van der Waals surface area contributed by atoms with Gasteiger partial charge in [-0.2, -0.15) is 0 Å². The quantitative estimate of drug-likeness (QED) is 0.559. The molecule has 2 aromatic rings. The van der Waals surface area contributed by atoms with Crippen LogP contribution in [0.4, 0.5) is 0 Å². The van der Waals surface area contributed by atoms with E-state index in [1.807, 2.05) is 23.5 Å². The van der Waals surface area contributed by atoms with Gasteiger partial charge < -0.3 is 19.8 Å². The van der Waals surface area contributed by atoms with E-state index < -0.39 is 0 Å². The third-order valence-corrected chi connectivity index (χ3v) is 5.44. The van der Waals surface area contributed by atoms with Crippen molar-refractivity contribution in [3.63, 3.8) is 0 Å². The molecule has 0 spiro atoms. The highest BCUT2D eigenvalue weighted by molar-refractivity contribution is 7.11. The monoisotopic (exact) mass is 361 g/mol. The van der Waals surface area contributed by atoms with Crippen molar-refractivity contribution >= 4 is 17.3 Å². The molecular weight excluding hydrogens is 334 g/mol. The van der Waals surface area contributed by atoms with Gasteiger partial charge in [-0.3, -0.25) is 0 Å². The highest BCUT2D eigenvalue weighted by Gasteiger charge is 2.15. The van der Waals surface area contributed by atoms with Crippen LogP contribution in [-0.2, 0) is 24.1 Å². The Labute approximate surface area is 153 Å². The molecule has 0 amide bonds. The zero-order valence-electron chi connectivity index (χ0n) is 14.8. The van der Waals surface area contributed by atoms with Gasteiger partial charge in [-0.05, 0) is 43.5 Å². The van der Waals surface area contributed by atoms with Gasteiger partial charge in [0.2, 0.25) is 0 Å². The number of hydrogen-bond acceptors (Lipinski definition) is 4. The maximum absolute atomic E-state index is 5.69. The van der Waals surface area contributed by atoms with Crippen LogP contribution in [0.15, 0.2) is 39.9 Å². The Morgan fingerprint density at radius 3 is 2.92 bits per heavy atom. The summed E-state index contributed by atoms with van der Waals surface area (Å²) in [5, 5.41) is 6.82. The first-order chi connectivity index (χ1) is 12.3. The van der Waals surface area contributed by atoms with Crippen molar-refractivity contribution in [2.75, 3.05) is 19.7 Å². The topological polar surface area (TPSA) is 58.8 Å². The second-order valence-corrected chi connectivity index (χ2v) is 7.41. The summed E-state index contributed by atoms with van der Waals surface area (Å²) in [6.45, 7) is 5.35. The molecule has 1 aliphatic rings. The zero-order chi connectivity index (χ0) is 17.3. The largest absolute Gasteiger partial charge is 0.469 e. The van der Waals surface area contributed by atoms with Crippen LogP contribution in [-0.4, -0.2) is 31.8 Å². The third kappa shape index (κ3) is 5.90. The van der Waals surface area contributed by atoms with E-state index in [0.29, 0.717) is 12.6 Å². The molecule has 2 N–H and O–H groups in total. The molecule has 1 fully saturated rings. The van der Waals surface area contributed by atoms with Gasteiger partial charge in [0.1, 0.15) is 5.76 Å². The normalized spacial score (nSPS) is 17.8. The summed E-state index contributed by atoms with van der Waals surface area (Å²) in [5.41, 5.74) is 0. The lowest BCUT2D eigenvalue weighted by Gasteiger charge is -2.15. The van der Waals surface area contributed by atoms with Crippen LogP contribution in [0.2, 0.25) is 0 Å². The van der Waals surface area contributed by atoms with Crippen molar-refractivity contribution in [1.29, 1.82) is 0 Å². The van der Waals surface area contributed by atoms with E-state index in [1.165, 1.54) is 9.75 Å². The Hall–Kier alpha value is -1.79. The Morgan fingerprint density at radius 1 is 1.28 bits per heavy atom. The summed E-state index contributed by atoms with van der Waals surface area (Å²) in [4.78, 5) is 7.44. The van der Waals surface area contributed by atoms with Crippen molar-refractivity contribution in [3.8, 4) is 0 Å². The highest BCUT2D eigenvalue weighted by atomic mass is 32.1. The number of nitrogens with one attached hydrogen (secondary N) is 2. The number of rotatable bonds is 8. The maximum Gasteiger partial charge on any atom is 0.191 e. The number of furan rings is 1. The van der Waals surface area contributed by atoms with Crippen molar-refractivity contribution in [2.45, 2.75) is 45.3 Å². The summed E-state index contributed by atoms with van der Waals surface area (Å²) in [6, 6.07) is 8.28. The molecule has 3 rings (SSSR count). The fourth-order valence-electron chi connectivity index (χ4n) is 2.80. The van der Waals surface area contributed by atoms with Gasteiger partial charge in [0.05, 0.1) is 18.9 Å². The lowest BCUT2D eigenvalue weighted by molar-refractivity contribution is 0.114. The van der Waals surface area contributed by atoms with Gasteiger partial charge in [-0.1, -0.05) is 6.92 Å². The van der Waals surface area contributed by atoms with Crippen LogP contribution in [0.25, 0.3) is 0 Å². The Balaban J connectivity index is 1.52. The molecular formula is C19H27N3O2S. The average molecular weight is 362 g/mol. The van der Waals surface area contributed by atoms with Gasteiger partial charge in [-0.25, -0.2) is 4.99 Å². The smallest absolute Gasteiger partial charge is 0.191 e. The summed E-state index contributed by atoms with van der Waals surface area (Å²) in [6.07, 6.45) is 6.21. The minimum Gasteiger partial charge on any atom is -0.469 e. The first kappa shape index (κ1) is 18.0. The summed E-state index contributed by atoms with van der Waals surface area (Å²) < 4.78 is 11.1. The van der Waals surface area contributed by atoms with Gasteiger partial charge in [0, 0.05) is 35.9 Å². The predicted molar refractivity (Wildman–Crippen MR) is 102 cm³/mol. The van der Waals surface area contributed by atoms with Crippen LogP contribution in [0.1, 0.15) is 35.3 Å². The summed E-state index contributed by atoms with van der Waals surface area (Å²) >= 11 is 1.84. The molecule has 6 heteroatoms. The minimum atomic E-state index is 0.297. The molecule has 1 saturated heterocycles. The molecule has 0 bridgehead atoms. The van der Waals surface area contributed by atoms with E-state index in [2.05, 4.69) is 29.7 Å². The first-order valence-corrected chi connectivity index (χ1v) is 9.89. The number of aliphatic imine (C=N–C) groups is 1. The Kier molecular flexibility index (Phi) is 6.94. The lowest BCUT2D eigenvalue weighted by atomic mass is 10.2. The number of guanidine groups is 1. The Bertz CT molecular complexity index is 645. The minimum absolute atomic E-state index is 0.297. The van der Waals surface area contributed by atoms with Gasteiger partial charge in [0.25, 0.3) is 0 Å². The van der Waals surface area contributed by atoms with E-state index in [-0.39, 0.29) is 0 Å². The average Bonchev–Trinajstić information content (AvgIpc) is 3.39. The number of ether oxygens (including phenoxy) is 1. The van der Waals surface area contributed by atoms with Gasteiger partial charge in [0.15, 0.2) is 5.96 Å². The van der Waals surface area contributed by atoms with E-state index in [1.54, 1.807) is 6.26 Å². The van der Waals surface area contributed by atoms with Crippen LogP contribution in [0, 0.1) is 0 Å². The fraction of sp³-hybridized carbons (Fsp3) is 0.526. The molecule has 2 aromatic heterocycles. The fourth-order valence-corrected chi connectivity index (χ4v) is 3.69. The van der Waals surface area contributed by atoms with Crippen LogP contribution < -0.4 is 10.6 Å². The molecule has 3 heterocycles. The van der Waals surface area contributed by atoms with Gasteiger partial charge >= 0.3 is 0 Å². The molecule has 136 valence electrons. The van der Waals surface area contributed by atoms with Crippen LogP contribution in [0.5, 0.6) is 0 Å². The summed E-state index contributed by atoms with van der Waals surface area (Å²) in [5.74, 6) is 1.82. The third-order valence-electron chi connectivity index (χ3n) is 4.22. The maximum atomic E-state index is 5.69.